The molecule has 0 saturated carbocycles. The third-order valence-electron chi connectivity index (χ3n) is 1.32. The minimum atomic E-state index is -0.852. The molecule has 0 radical (unpaired) electrons. The lowest BCUT2D eigenvalue weighted by atomic mass is 10.2. The number of carbonyl (C=O) groups excluding carboxylic acids is 1. The maximum atomic E-state index is 10.5. The van der Waals surface area contributed by atoms with Crippen LogP contribution >= 0.6 is 12.6 Å². The fraction of sp³-hybridized carbons (Fsp3) is 0.857. The monoisotopic (exact) mass is 177 g/mol. The van der Waals surface area contributed by atoms with E-state index in [-0.39, 0.29) is 5.78 Å². The van der Waals surface area contributed by atoms with Crippen LogP contribution < -0.4 is 5.32 Å². The van der Waals surface area contributed by atoms with Gasteiger partial charge in [0.05, 0.1) is 0 Å². The molecule has 0 fully saturated rings. The normalized spacial score (nSPS) is 13.0. The Morgan fingerprint density at radius 3 is 2.82 bits per heavy atom. The van der Waals surface area contributed by atoms with Crippen LogP contribution in [0.5, 0.6) is 0 Å². The number of ketones is 1. The summed E-state index contributed by atoms with van der Waals surface area (Å²) in [4.78, 5) is 10.5. The molecule has 66 valence electrons. The number of aliphatic hydroxyl groups is 1. The minimum absolute atomic E-state index is 0.191. The predicted molar refractivity (Wildman–Crippen MR) is 48.0 cm³/mol. The number of Topliss-reactive ketones (excluding diaryl/α,β-unsaturated/α-hetero) is 1. The van der Waals surface area contributed by atoms with Crippen LogP contribution in [0.2, 0.25) is 0 Å². The van der Waals surface area contributed by atoms with Crippen molar-refractivity contribution in [3.63, 3.8) is 0 Å². The van der Waals surface area contributed by atoms with Crippen LogP contribution in [0.25, 0.3) is 0 Å². The molecule has 0 saturated heterocycles. The molecule has 1 atom stereocenters. The summed E-state index contributed by atoms with van der Waals surface area (Å²) >= 11 is 4.02. The van der Waals surface area contributed by atoms with Crippen molar-refractivity contribution in [2.24, 2.45) is 0 Å². The van der Waals surface area contributed by atoms with Crippen molar-refractivity contribution >= 4 is 18.4 Å². The van der Waals surface area contributed by atoms with Crippen LogP contribution in [0.15, 0.2) is 0 Å². The molecule has 0 aromatic rings. The number of rotatable bonds is 6. The predicted octanol–water partition coefficient (Wildman–Crippen LogP) is -0.154. The van der Waals surface area contributed by atoms with E-state index in [1.165, 1.54) is 6.92 Å². The lowest BCUT2D eigenvalue weighted by molar-refractivity contribution is -0.124. The molecule has 2 N–H and O–H groups in total. The van der Waals surface area contributed by atoms with Gasteiger partial charge in [-0.1, -0.05) is 0 Å². The van der Waals surface area contributed by atoms with Crippen molar-refractivity contribution in [1.82, 2.24) is 5.32 Å². The summed E-state index contributed by atoms with van der Waals surface area (Å²) in [5.41, 5.74) is 0. The summed E-state index contributed by atoms with van der Waals surface area (Å²) < 4.78 is 0. The Hall–Kier alpha value is -0.0600. The standard InChI is InChI=1S/C7H15NO2S/c1-6(9)7(10)5-8-3-2-4-11/h7-8,10-11H,2-5H2,1H3. The van der Waals surface area contributed by atoms with E-state index in [9.17, 15) is 4.79 Å². The van der Waals surface area contributed by atoms with Gasteiger partial charge in [-0.2, -0.15) is 12.6 Å². The second kappa shape index (κ2) is 6.64. The molecule has 0 aromatic heterocycles. The molecular weight excluding hydrogens is 162 g/mol. The number of hydrogen-bond donors (Lipinski definition) is 3. The van der Waals surface area contributed by atoms with E-state index in [0.717, 1.165) is 18.7 Å². The van der Waals surface area contributed by atoms with E-state index in [1.54, 1.807) is 0 Å². The van der Waals surface area contributed by atoms with Gasteiger partial charge in [0.2, 0.25) is 0 Å². The molecule has 0 bridgehead atoms. The van der Waals surface area contributed by atoms with E-state index < -0.39 is 6.10 Å². The van der Waals surface area contributed by atoms with Crippen molar-refractivity contribution in [2.75, 3.05) is 18.8 Å². The van der Waals surface area contributed by atoms with E-state index in [1.807, 2.05) is 0 Å². The molecule has 0 aliphatic heterocycles. The maximum absolute atomic E-state index is 10.5. The van der Waals surface area contributed by atoms with Gasteiger partial charge in [-0.15, -0.1) is 0 Å². The van der Waals surface area contributed by atoms with Gasteiger partial charge in [-0.05, 0) is 25.6 Å². The van der Waals surface area contributed by atoms with Crippen LogP contribution in [0.1, 0.15) is 13.3 Å². The molecule has 11 heavy (non-hydrogen) atoms. The highest BCUT2D eigenvalue weighted by molar-refractivity contribution is 7.80. The summed E-state index contributed by atoms with van der Waals surface area (Å²) in [6, 6.07) is 0. The molecule has 0 spiro atoms. The van der Waals surface area contributed by atoms with Gasteiger partial charge in [0, 0.05) is 6.54 Å². The number of carbonyl (C=O) groups is 1. The fourth-order valence-corrected chi connectivity index (χ4v) is 0.745. The molecule has 3 nitrogen and oxygen atoms in total. The van der Waals surface area contributed by atoms with Crippen molar-refractivity contribution in [3.05, 3.63) is 0 Å². The first kappa shape index (κ1) is 10.9. The van der Waals surface area contributed by atoms with Crippen molar-refractivity contribution in [2.45, 2.75) is 19.4 Å². The summed E-state index contributed by atoms with van der Waals surface area (Å²) in [5.74, 6) is 0.631. The highest BCUT2D eigenvalue weighted by Crippen LogP contribution is 1.84. The smallest absolute Gasteiger partial charge is 0.159 e. The van der Waals surface area contributed by atoms with E-state index in [2.05, 4.69) is 17.9 Å². The molecule has 0 rings (SSSR count). The minimum Gasteiger partial charge on any atom is -0.384 e. The van der Waals surface area contributed by atoms with Crippen molar-refractivity contribution in [1.29, 1.82) is 0 Å². The number of nitrogens with one attached hydrogen (secondary N) is 1. The van der Waals surface area contributed by atoms with E-state index in [0.29, 0.717) is 6.54 Å². The zero-order valence-electron chi connectivity index (χ0n) is 6.71. The summed E-state index contributed by atoms with van der Waals surface area (Å²) in [6.07, 6.45) is 0.100. The van der Waals surface area contributed by atoms with Gasteiger partial charge >= 0.3 is 0 Å². The molecule has 0 amide bonds. The Morgan fingerprint density at radius 2 is 2.36 bits per heavy atom. The molecule has 0 aliphatic rings. The van der Waals surface area contributed by atoms with Crippen LogP contribution in [0, 0.1) is 0 Å². The van der Waals surface area contributed by atoms with E-state index in [4.69, 9.17) is 5.11 Å². The molecule has 0 aromatic carbocycles. The van der Waals surface area contributed by atoms with Crippen LogP contribution in [0.3, 0.4) is 0 Å². The van der Waals surface area contributed by atoms with Gasteiger partial charge in [-0.25, -0.2) is 0 Å². The fourth-order valence-electron chi connectivity index (χ4n) is 0.587. The first-order valence-electron chi connectivity index (χ1n) is 3.68. The number of thiol groups is 1. The lowest BCUT2D eigenvalue weighted by Gasteiger charge is -2.07. The molecule has 0 heterocycles. The van der Waals surface area contributed by atoms with Gasteiger partial charge in [0.15, 0.2) is 5.78 Å². The quantitative estimate of drug-likeness (QED) is 0.390. The molecule has 1 unspecified atom stereocenters. The second-order valence-corrected chi connectivity index (χ2v) is 2.85. The lowest BCUT2D eigenvalue weighted by Crippen LogP contribution is -2.32. The second-order valence-electron chi connectivity index (χ2n) is 2.41. The third-order valence-corrected chi connectivity index (χ3v) is 1.63. The van der Waals surface area contributed by atoms with E-state index >= 15 is 0 Å². The first-order valence-corrected chi connectivity index (χ1v) is 4.32. The van der Waals surface area contributed by atoms with Crippen molar-refractivity contribution in [3.8, 4) is 0 Å². The number of hydrogen-bond acceptors (Lipinski definition) is 4. The summed E-state index contributed by atoms with van der Waals surface area (Å²) in [7, 11) is 0. The SMILES string of the molecule is CC(=O)C(O)CNCCCS. The maximum Gasteiger partial charge on any atom is 0.159 e. The first-order chi connectivity index (χ1) is 5.18. The average molecular weight is 177 g/mol. The van der Waals surface area contributed by atoms with Crippen molar-refractivity contribution < 1.29 is 9.90 Å². The topological polar surface area (TPSA) is 49.3 Å². The highest BCUT2D eigenvalue weighted by atomic mass is 32.1. The Labute approximate surface area is 72.6 Å². The zero-order valence-corrected chi connectivity index (χ0v) is 7.60. The molecule has 4 heteroatoms. The third kappa shape index (κ3) is 6.34. The summed E-state index contributed by atoms with van der Waals surface area (Å²) in [6.45, 7) is 2.53. The van der Waals surface area contributed by atoms with Gasteiger partial charge in [0.25, 0.3) is 0 Å². The Balaban J connectivity index is 3.17. The summed E-state index contributed by atoms with van der Waals surface area (Å²) in [5, 5.41) is 11.9. The Kier molecular flexibility index (Phi) is 6.60. The molecular formula is C7H15NO2S. The van der Waals surface area contributed by atoms with Gasteiger partial charge in [0.1, 0.15) is 6.10 Å². The highest BCUT2D eigenvalue weighted by Gasteiger charge is 2.07. The van der Waals surface area contributed by atoms with Gasteiger partial charge in [-0.3, -0.25) is 4.79 Å². The molecule has 0 aliphatic carbocycles. The number of aliphatic hydroxyl groups excluding tert-OH is 1. The largest absolute Gasteiger partial charge is 0.384 e. The Bertz CT molecular complexity index is 119. The average Bonchev–Trinajstić information content (AvgIpc) is 1.97. The Morgan fingerprint density at radius 1 is 1.73 bits per heavy atom. The zero-order chi connectivity index (χ0) is 8.69. The van der Waals surface area contributed by atoms with Crippen LogP contribution in [-0.4, -0.2) is 35.8 Å². The van der Waals surface area contributed by atoms with Crippen LogP contribution in [-0.2, 0) is 4.79 Å². The van der Waals surface area contributed by atoms with Gasteiger partial charge < -0.3 is 10.4 Å². The van der Waals surface area contributed by atoms with Crippen LogP contribution in [0.4, 0.5) is 0 Å².